The van der Waals surface area contributed by atoms with Gasteiger partial charge in [0.1, 0.15) is 24.2 Å². The van der Waals surface area contributed by atoms with E-state index in [1.807, 2.05) is 60.4 Å². The number of carbonyl (C=O) groups excluding carboxylic acids is 1. The van der Waals surface area contributed by atoms with Crippen molar-refractivity contribution in [3.63, 3.8) is 0 Å². The Kier molecular flexibility index (Phi) is 7.80. The molecule has 38 heavy (non-hydrogen) atoms. The van der Waals surface area contributed by atoms with Crippen LogP contribution in [0.25, 0.3) is 11.3 Å². The number of aromatic nitrogens is 1. The van der Waals surface area contributed by atoms with Crippen LogP contribution in [0.1, 0.15) is 29.1 Å². The smallest absolute Gasteiger partial charge is 0.250 e. The van der Waals surface area contributed by atoms with Crippen molar-refractivity contribution in [2.45, 2.75) is 19.0 Å². The molecule has 10 heteroatoms. The standard InChI is InChI=1S/C28H24BrClN4O3S/c1-16-6-8-18(19(29)13-16)23-10-11-24(37-23)27-26(22-5-3-4-12-31-22)33-28(38)34(27)17-7-9-21(20(30)14-17)32-25(35)15-36-2/h3-14,26-27H,15H2,1-2H3,(H,32,35)(H,33,38)/t26-,27-/m1/s1. The topological polar surface area (TPSA) is 79.6 Å². The van der Waals surface area contributed by atoms with Gasteiger partial charge in [0, 0.05) is 29.0 Å². The van der Waals surface area contributed by atoms with Crippen LogP contribution in [0.5, 0.6) is 0 Å². The molecular formula is C28H24BrClN4O3S. The molecular weight excluding hydrogens is 588 g/mol. The van der Waals surface area contributed by atoms with Gasteiger partial charge in [-0.2, -0.15) is 0 Å². The highest BCUT2D eigenvalue weighted by Crippen LogP contribution is 2.44. The van der Waals surface area contributed by atoms with Crippen LogP contribution in [-0.2, 0) is 9.53 Å². The van der Waals surface area contributed by atoms with E-state index in [-0.39, 0.29) is 24.6 Å². The number of carbonyl (C=O) groups is 1. The summed E-state index contributed by atoms with van der Waals surface area (Å²) in [6, 6.07) is 20.6. The number of nitrogens with zero attached hydrogens (tertiary/aromatic N) is 2. The summed E-state index contributed by atoms with van der Waals surface area (Å²) in [5, 5.41) is 7.05. The number of hydrogen-bond acceptors (Lipinski definition) is 5. The van der Waals surface area contributed by atoms with Gasteiger partial charge in [0.15, 0.2) is 5.11 Å². The van der Waals surface area contributed by atoms with E-state index in [1.165, 1.54) is 7.11 Å². The van der Waals surface area contributed by atoms with Crippen LogP contribution in [0, 0.1) is 6.92 Å². The number of furan rings is 1. The van der Waals surface area contributed by atoms with E-state index < -0.39 is 0 Å². The van der Waals surface area contributed by atoms with Crippen molar-refractivity contribution in [3.8, 4) is 11.3 Å². The molecule has 3 heterocycles. The van der Waals surface area contributed by atoms with Crippen molar-refractivity contribution in [2.24, 2.45) is 0 Å². The molecule has 4 aromatic rings. The molecule has 5 rings (SSSR count). The number of halogens is 2. The molecule has 0 bridgehead atoms. The molecule has 1 fully saturated rings. The number of aryl methyl sites for hydroxylation is 1. The molecule has 1 amide bonds. The molecule has 0 saturated carbocycles. The van der Waals surface area contributed by atoms with E-state index in [4.69, 9.17) is 33.0 Å². The van der Waals surface area contributed by atoms with Gasteiger partial charge in [0.25, 0.3) is 0 Å². The van der Waals surface area contributed by atoms with Crippen LogP contribution in [0.15, 0.2) is 81.8 Å². The van der Waals surface area contributed by atoms with E-state index in [0.717, 1.165) is 32.7 Å². The Morgan fingerprint density at radius 1 is 1.21 bits per heavy atom. The normalized spacial score (nSPS) is 16.9. The first kappa shape index (κ1) is 26.4. The summed E-state index contributed by atoms with van der Waals surface area (Å²) in [5.74, 6) is 1.15. The number of pyridine rings is 1. The molecule has 1 saturated heterocycles. The molecule has 2 aromatic heterocycles. The largest absolute Gasteiger partial charge is 0.459 e. The summed E-state index contributed by atoms with van der Waals surface area (Å²) in [6.45, 7) is 1.98. The number of hydrogen-bond donors (Lipinski definition) is 2. The predicted octanol–water partition coefficient (Wildman–Crippen LogP) is 6.83. The maximum absolute atomic E-state index is 12.0. The number of thiocarbonyl (C=S) groups is 1. The van der Waals surface area contributed by atoms with Gasteiger partial charge < -0.3 is 24.7 Å². The Bertz CT molecular complexity index is 1500. The Labute approximate surface area is 239 Å². The molecule has 7 nitrogen and oxygen atoms in total. The lowest BCUT2D eigenvalue weighted by atomic mass is 10.0. The molecule has 1 aliphatic heterocycles. The third-order valence-electron chi connectivity index (χ3n) is 6.19. The van der Waals surface area contributed by atoms with Gasteiger partial charge in [0.2, 0.25) is 5.91 Å². The zero-order valence-corrected chi connectivity index (χ0v) is 23.7. The van der Waals surface area contributed by atoms with E-state index in [0.29, 0.717) is 21.6 Å². The number of benzene rings is 2. The molecule has 194 valence electrons. The maximum Gasteiger partial charge on any atom is 0.250 e. The fourth-order valence-corrected chi connectivity index (χ4v) is 5.73. The third kappa shape index (κ3) is 5.33. The summed E-state index contributed by atoms with van der Waals surface area (Å²) in [4.78, 5) is 18.6. The molecule has 0 radical (unpaired) electrons. The van der Waals surface area contributed by atoms with E-state index in [9.17, 15) is 4.79 Å². The summed E-state index contributed by atoms with van der Waals surface area (Å²) in [7, 11) is 1.46. The second-order valence-corrected chi connectivity index (χ2v) is 10.5. The van der Waals surface area contributed by atoms with Crippen LogP contribution in [0.4, 0.5) is 11.4 Å². The van der Waals surface area contributed by atoms with Gasteiger partial charge in [-0.1, -0.05) is 39.7 Å². The zero-order chi connectivity index (χ0) is 26.8. The molecule has 1 aliphatic rings. The minimum Gasteiger partial charge on any atom is -0.459 e. The Morgan fingerprint density at radius 3 is 2.76 bits per heavy atom. The van der Waals surface area contributed by atoms with Gasteiger partial charge in [0.05, 0.1) is 22.4 Å². The lowest BCUT2D eigenvalue weighted by Crippen LogP contribution is -2.29. The van der Waals surface area contributed by atoms with Gasteiger partial charge in [-0.15, -0.1) is 0 Å². The summed E-state index contributed by atoms with van der Waals surface area (Å²) in [6.07, 6.45) is 1.76. The highest BCUT2D eigenvalue weighted by atomic mass is 79.9. The summed E-state index contributed by atoms with van der Waals surface area (Å²) >= 11 is 16.0. The number of anilines is 2. The number of methoxy groups -OCH3 is 1. The molecule has 2 atom stereocenters. The number of ether oxygens (including phenoxy) is 1. The van der Waals surface area contributed by atoms with Crippen molar-refractivity contribution >= 4 is 62.1 Å². The maximum atomic E-state index is 12.0. The summed E-state index contributed by atoms with van der Waals surface area (Å²) in [5.41, 5.74) is 4.16. The van der Waals surface area contributed by atoms with Crippen molar-refractivity contribution in [2.75, 3.05) is 23.9 Å². The fraction of sp³-hybridized carbons (Fsp3) is 0.179. The first-order chi connectivity index (χ1) is 18.4. The Balaban J connectivity index is 1.55. The highest BCUT2D eigenvalue weighted by molar-refractivity contribution is 9.10. The second kappa shape index (κ2) is 11.2. The molecule has 0 spiro atoms. The van der Waals surface area contributed by atoms with E-state index in [1.54, 1.807) is 18.3 Å². The first-order valence-corrected chi connectivity index (χ1v) is 13.4. The van der Waals surface area contributed by atoms with Gasteiger partial charge in [-0.3, -0.25) is 9.78 Å². The van der Waals surface area contributed by atoms with Crippen LogP contribution >= 0.6 is 39.7 Å². The molecule has 0 aliphatic carbocycles. The van der Waals surface area contributed by atoms with Crippen LogP contribution in [0.2, 0.25) is 5.02 Å². The van der Waals surface area contributed by atoms with Crippen LogP contribution in [0.3, 0.4) is 0 Å². The minimum absolute atomic E-state index is 0.0655. The minimum atomic E-state index is -0.347. The van der Waals surface area contributed by atoms with E-state index in [2.05, 4.69) is 37.6 Å². The van der Waals surface area contributed by atoms with Crippen LogP contribution < -0.4 is 15.5 Å². The number of nitrogens with one attached hydrogen (secondary N) is 2. The lowest BCUT2D eigenvalue weighted by molar-refractivity contribution is -0.119. The van der Waals surface area contributed by atoms with Gasteiger partial charge >= 0.3 is 0 Å². The molecule has 2 aromatic carbocycles. The SMILES string of the molecule is COCC(=O)Nc1ccc(N2C(=S)N[C@H](c3ccccn3)[C@H]2c2ccc(-c3ccc(C)cc3Br)o2)cc1Cl. The molecule has 2 N–H and O–H groups in total. The van der Waals surface area contributed by atoms with Crippen molar-refractivity contribution in [3.05, 3.63) is 99.4 Å². The van der Waals surface area contributed by atoms with Gasteiger partial charge in [-0.05, 0) is 79.3 Å². The molecule has 0 unspecified atom stereocenters. The van der Waals surface area contributed by atoms with E-state index >= 15 is 0 Å². The average Bonchev–Trinajstić information content (AvgIpc) is 3.50. The Hall–Kier alpha value is -3.24. The summed E-state index contributed by atoms with van der Waals surface area (Å²) < 4.78 is 12.3. The number of amides is 1. The lowest BCUT2D eigenvalue weighted by Gasteiger charge is -2.26. The zero-order valence-electron chi connectivity index (χ0n) is 20.6. The van der Waals surface area contributed by atoms with Crippen LogP contribution in [-0.4, -0.2) is 29.7 Å². The van der Waals surface area contributed by atoms with Crippen molar-refractivity contribution in [1.82, 2.24) is 10.3 Å². The quantitative estimate of drug-likeness (QED) is 0.222. The predicted molar refractivity (Wildman–Crippen MR) is 156 cm³/mol. The highest BCUT2D eigenvalue weighted by Gasteiger charge is 2.42. The third-order valence-corrected chi connectivity index (χ3v) is 7.47. The fourth-order valence-electron chi connectivity index (χ4n) is 4.47. The second-order valence-electron chi connectivity index (χ2n) is 8.83. The van der Waals surface area contributed by atoms with Gasteiger partial charge in [-0.25, -0.2) is 0 Å². The first-order valence-electron chi connectivity index (χ1n) is 11.8. The van der Waals surface area contributed by atoms with Crippen molar-refractivity contribution < 1.29 is 13.9 Å². The average molecular weight is 612 g/mol. The van der Waals surface area contributed by atoms with Crippen molar-refractivity contribution in [1.29, 1.82) is 0 Å². The monoisotopic (exact) mass is 610 g/mol. The Morgan fingerprint density at radius 2 is 2.05 bits per heavy atom. The number of rotatable bonds is 7.